The van der Waals surface area contributed by atoms with Crippen molar-refractivity contribution in [2.45, 2.75) is 20.3 Å². The number of rotatable bonds is 3. The number of phenolic OH excluding ortho intramolecular Hbond substituents is 1. The zero-order valence-corrected chi connectivity index (χ0v) is 12.2. The molecule has 104 valence electrons. The summed E-state index contributed by atoms with van der Waals surface area (Å²) >= 11 is 5.89. The molecule has 0 radical (unpaired) electrons. The van der Waals surface area contributed by atoms with Gasteiger partial charge in [0.25, 0.3) is 0 Å². The van der Waals surface area contributed by atoms with Crippen LogP contribution in [0.5, 0.6) is 5.75 Å². The summed E-state index contributed by atoms with van der Waals surface area (Å²) in [5, 5.41) is 13.3. The van der Waals surface area contributed by atoms with Crippen LogP contribution in [0.4, 0.5) is 5.69 Å². The Morgan fingerprint density at radius 2 is 2.00 bits per heavy atom. The van der Waals surface area contributed by atoms with Crippen molar-refractivity contribution in [3.8, 4) is 5.75 Å². The van der Waals surface area contributed by atoms with E-state index >= 15 is 0 Å². The first-order chi connectivity index (χ1) is 9.47. The largest absolute Gasteiger partial charge is 0.507 e. The molecule has 0 aromatic heterocycles. The Hall–Kier alpha value is -2.00. The molecule has 0 fully saturated rings. The highest BCUT2D eigenvalue weighted by Gasteiger charge is 2.10. The molecular weight excluding hydrogens is 274 g/mol. The van der Waals surface area contributed by atoms with E-state index in [9.17, 15) is 9.90 Å². The number of aromatic hydroxyl groups is 1. The minimum atomic E-state index is -0.140. The second kappa shape index (κ2) is 5.97. The molecule has 2 N–H and O–H groups in total. The summed E-state index contributed by atoms with van der Waals surface area (Å²) < 4.78 is 0. The summed E-state index contributed by atoms with van der Waals surface area (Å²) in [6.07, 6.45) is 0.245. The van der Waals surface area contributed by atoms with Gasteiger partial charge in [0.1, 0.15) is 5.75 Å². The van der Waals surface area contributed by atoms with Gasteiger partial charge in [0.05, 0.1) is 6.42 Å². The van der Waals surface area contributed by atoms with Crippen molar-refractivity contribution >= 4 is 23.2 Å². The highest BCUT2D eigenvalue weighted by Crippen LogP contribution is 2.28. The third-order valence-electron chi connectivity index (χ3n) is 3.16. The Morgan fingerprint density at radius 3 is 2.70 bits per heavy atom. The van der Waals surface area contributed by atoms with Crippen molar-refractivity contribution in [2.75, 3.05) is 5.32 Å². The van der Waals surface area contributed by atoms with Gasteiger partial charge < -0.3 is 10.4 Å². The van der Waals surface area contributed by atoms with E-state index in [0.717, 1.165) is 11.1 Å². The molecule has 0 aliphatic heterocycles. The maximum Gasteiger partial charge on any atom is 0.228 e. The molecule has 0 bridgehead atoms. The fourth-order valence-electron chi connectivity index (χ4n) is 2.00. The van der Waals surface area contributed by atoms with Crippen molar-refractivity contribution in [2.24, 2.45) is 0 Å². The van der Waals surface area contributed by atoms with Crippen LogP contribution in [0.15, 0.2) is 36.4 Å². The van der Waals surface area contributed by atoms with E-state index < -0.39 is 0 Å². The summed E-state index contributed by atoms with van der Waals surface area (Å²) in [5.74, 6) is 0.0733. The lowest BCUT2D eigenvalue weighted by atomic mass is 10.1. The van der Waals surface area contributed by atoms with Gasteiger partial charge in [0.2, 0.25) is 5.91 Å². The Morgan fingerprint density at radius 1 is 1.25 bits per heavy atom. The van der Waals surface area contributed by atoms with Crippen molar-refractivity contribution < 1.29 is 9.90 Å². The van der Waals surface area contributed by atoms with Gasteiger partial charge in [0, 0.05) is 16.3 Å². The van der Waals surface area contributed by atoms with E-state index in [-0.39, 0.29) is 18.1 Å². The minimum absolute atomic E-state index is 0.140. The predicted octanol–water partition coefficient (Wildman–Crippen LogP) is 3.84. The molecule has 0 unspecified atom stereocenters. The lowest BCUT2D eigenvalue weighted by Gasteiger charge is -2.11. The molecule has 4 heteroatoms. The molecule has 2 aromatic rings. The number of carbonyl (C=O) groups is 1. The molecule has 1 amide bonds. The quantitative estimate of drug-likeness (QED) is 0.902. The lowest BCUT2D eigenvalue weighted by molar-refractivity contribution is -0.115. The first-order valence-electron chi connectivity index (χ1n) is 6.31. The molecule has 0 saturated carbocycles. The smallest absolute Gasteiger partial charge is 0.228 e. The number of aryl methyl sites for hydroxylation is 1. The zero-order chi connectivity index (χ0) is 14.7. The van der Waals surface area contributed by atoms with Gasteiger partial charge in [-0.3, -0.25) is 4.79 Å². The van der Waals surface area contributed by atoms with Crippen LogP contribution in [0, 0.1) is 13.8 Å². The number of amides is 1. The Labute approximate surface area is 123 Å². The van der Waals surface area contributed by atoms with Crippen LogP contribution in [0.25, 0.3) is 0 Å². The van der Waals surface area contributed by atoms with Crippen LogP contribution >= 0.6 is 11.6 Å². The second-order valence-electron chi connectivity index (χ2n) is 4.76. The number of carbonyl (C=O) groups excluding carboxylic acids is 1. The van der Waals surface area contributed by atoms with Crippen LogP contribution in [-0.4, -0.2) is 11.0 Å². The van der Waals surface area contributed by atoms with Gasteiger partial charge in [0.15, 0.2) is 0 Å². The number of phenols is 1. The molecule has 0 atom stereocenters. The molecular formula is C16H16ClNO2. The Balaban J connectivity index is 2.11. The number of hydrogen-bond acceptors (Lipinski definition) is 2. The first-order valence-corrected chi connectivity index (χ1v) is 6.68. The van der Waals surface area contributed by atoms with Crippen molar-refractivity contribution in [1.82, 2.24) is 0 Å². The van der Waals surface area contributed by atoms with E-state index in [0.29, 0.717) is 16.3 Å². The summed E-state index contributed by atoms with van der Waals surface area (Å²) in [5.41, 5.74) is 2.93. The molecule has 20 heavy (non-hydrogen) atoms. The lowest BCUT2D eigenvalue weighted by Crippen LogP contribution is -2.15. The van der Waals surface area contributed by atoms with Gasteiger partial charge in [-0.25, -0.2) is 0 Å². The molecule has 0 aliphatic rings. The van der Waals surface area contributed by atoms with Crippen LogP contribution in [0.1, 0.15) is 16.7 Å². The summed E-state index contributed by atoms with van der Waals surface area (Å²) in [7, 11) is 0. The molecule has 2 rings (SSSR count). The highest BCUT2D eigenvalue weighted by atomic mass is 35.5. The molecule has 0 heterocycles. The van der Waals surface area contributed by atoms with E-state index in [2.05, 4.69) is 5.32 Å². The van der Waals surface area contributed by atoms with Gasteiger partial charge in [-0.2, -0.15) is 0 Å². The molecule has 2 aromatic carbocycles. The monoisotopic (exact) mass is 289 g/mol. The maximum atomic E-state index is 12.0. The summed E-state index contributed by atoms with van der Waals surface area (Å²) in [4.78, 5) is 12.0. The van der Waals surface area contributed by atoms with E-state index in [1.54, 1.807) is 31.2 Å². The first kappa shape index (κ1) is 14.4. The molecule has 0 saturated heterocycles. The number of benzene rings is 2. The zero-order valence-electron chi connectivity index (χ0n) is 11.4. The van der Waals surface area contributed by atoms with E-state index in [1.165, 1.54) is 0 Å². The topological polar surface area (TPSA) is 49.3 Å². The summed E-state index contributed by atoms with van der Waals surface area (Å²) in [6.45, 7) is 3.59. The fraction of sp³-hybridized carbons (Fsp3) is 0.188. The van der Waals surface area contributed by atoms with Crippen molar-refractivity contribution in [3.05, 3.63) is 58.1 Å². The van der Waals surface area contributed by atoms with Gasteiger partial charge in [-0.05, 0) is 43.2 Å². The number of hydrogen-bond donors (Lipinski definition) is 2. The molecule has 3 nitrogen and oxygen atoms in total. The van der Waals surface area contributed by atoms with E-state index in [1.807, 2.05) is 19.1 Å². The minimum Gasteiger partial charge on any atom is -0.507 e. The number of nitrogens with one attached hydrogen (secondary N) is 1. The van der Waals surface area contributed by atoms with Crippen LogP contribution < -0.4 is 5.32 Å². The van der Waals surface area contributed by atoms with Crippen LogP contribution in [0.3, 0.4) is 0 Å². The number of anilines is 1. The van der Waals surface area contributed by atoms with Gasteiger partial charge in [-0.15, -0.1) is 0 Å². The van der Waals surface area contributed by atoms with Crippen LogP contribution in [-0.2, 0) is 11.2 Å². The maximum absolute atomic E-state index is 12.0. The SMILES string of the molecule is Cc1ccc(NC(=O)Cc2cccc(Cl)c2)c(C)c1O. The molecule has 0 aliphatic carbocycles. The fourth-order valence-corrected chi connectivity index (χ4v) is 2.21. The van der Waals surface area contributed by atoms with Crippen LogP contribution in [0.2, 0.25) is 5.02 Å². The average Bonchev–Trinajstić information content (AvgIpc) is 2.39. The van der Waals surface area contributed by atoms with Gasteiger partial charge >= 0.3 is 0 Å². The highest BCUT2D eigenvalue weighted by molar-refractivity contribution is 6.30. The Bertz CT molecular complexity index is 653. The normalized spacial score (nSPS) is 10.3. The third-order valence-corrected chi connectivity index (χ3v) is 3.40. The second-order valence-corrected chi connectivity index (χ2v) is 5.19. The predicted molar refractivity (Wildman–Crippen MR) is 81.4 cm³/mol. The van der Waals surface area contributed by atoms with Gasteiger partial charge in [-0.1, -0.05) is 29.8 Å². The standard InChI is InChI=1S/C16H16ClNO2/c1-10-6-7-14(11(2)16(10)20)18-15(19)9-12-4-3-5-13(17)8-12/h3-8,20H,9H2,1-2H3,(H,18,19). The number of halogens is 1. The summed E-state index contributed by atoms with van der Waals surface area (Å²) in [6, 6.07) is 10.8. The van der Waals surface area contributed by atoms with Crippen molar-refractivity contribution in [3.63, 3.8) is 0 Å². The third kappa shape index (κ3) is 3.31. The van der Waals surface area contributed by atoms with E-state index in [4.69, 9.17) is 11.6 Å². The van der Waals surface area contributed by atoms with Crippen molar-refractivity contribution in [1.29, 1.82) is 0 Å². The molecule has 0 spiro atoms. The average molecular weight is 290 g/mol. The Kier molecular flexibility index (Phi) is 4.30.